The fourth-order valence-electron chi connectivity index (χ4n) is 2.58. The third-order valence-electron chi connectivity index (χ3n) is 3.68. The molecular weight excluding hydrogens is 294 g/mol. The van der Waals surface area contributed by atoms with Crippen molar-refractivity contribution < 1.29 is 14.9 Å². The van der Waals surface area contributed by atoms with Gasteiger partial charge in [-0.3, -0.25) is 14.3 Å². The molecule has 3 N–H and O–H groups in total. The molecule has 0 spiro atoms. The number of rotatable bonds is 3. The summed E-state index contributed by atoms with van der Waals surface area (Å²) in [6.45, 7) is 1.17. The van der Waals surface area contributed by atoms with Crippen molar-refractivity contribution in [2.75, 3.05) is 6.61 Å². The van der Waals surface area contributed by atoms with E-state index in [1.54, 1.807) is 0 Å². The van der Waals surface area contributed by atoms with E-state index >= 15 is 0 Å². The Balaban J connectivity index is 2.01. The van der Waals surface area contributed by atoms with Gasteiger partial charge in [0.2, 0.25) is 0 Å². The average Bonchev–Trinajstić information content (AvgIpc) is 3.10. The predicted molar refractivity (Wildman–Crippen MR) is 72.1 cm³/mol. The summed E-state index contributed by atoms with van der Waals surface area (Å²) in [4.78, 5) is 29.3. The maximum absolute atomic E-state index is 11.9. The Morgan fingerprint density at radius 3 is 2.86 bits per heavy atom. The van der Waals surface area contributed by atoms with Gasteiger partial charge in [0.05, 0.1) is 6.61 Å². The number of aliphatic hydroxyl groups is 2. The molecule has 1 aliphatic heterocycles. The molecule has 0 aliphatic carbocycles. The fraction of sp³-hybridized carbons (Fsp3) is 0.500. The molecule has 22 heavy (non-hydrogen) atoms. The number of ether oxygens (including phenoxy) is 1. The van der Waals surface area contributed by atoms with E-state index in [1.165, 1.54) is 30.5 Å². The number of H-pyrrole nitrogens is 1. The van der Waals surface area contributed by atoms with Gasteiger partial charge in [-0.05, 0) is 6.92 Å². The molecule has 1 fully saturated rings. The lowest BCUT2D eigenvalue weighted by atomic mass is 10.1. The Morgan fingerprint density at radius 2 is 2.23 bits per heavy atom. The average molecular weight is 309 g/mol. The quantitative estimate of drug-likeness (QED) is 0.592. The molecule has 1 aliphatic rings. The molecule has 3 heterocycles. The van der Waals surface area contributed by atoms with Crippen molar-refractivity contribution in [3.05, 3.63) is 45.3 Å². The van der Waals surface area contributed by atoms with Crippen LogP contribution in [0.4, 0.5) is 0 Å². The van der Waals surface area contributed by atoms with Crippen LogP contribution in [0.2, 0.25) is 0 Å². The molecule has 0 aromatic carbocycles. The molecule has 0 radical (unpaired) electrons. The Hall–Kier alpha value is -2.30. The highest BCUT2D eigenvalue weighted by molar-refractivity contribution is 5.03. The van der Waals surface area contributed by atoms with E-state index in [0.717, 1.165) is 4.57 Å². The van der Waals surface area contributed by atoms with Gasteiger partial charge >= 0.3 is 5.69 Å². The van der Waals surface area contributed by atoms with Gasteiger partial charge in [-0.25, -0.2) is 14.5 Å². The van der Waals surface area contributed by atoms with Crippen molar-refractivity contribution in [1.82, 2.24) is 24.3 Å². The maximum atomic E-state index is 11.9. The Bertz CT molecular complexity index is 767. The number of hydrogen-bond acceptors (Lipinski definition) is 7. The molecule has 118 valence electrons. The van der Waals surface area contributed by atoms with Crippen LogP contribution >= 0.6 is 0 Å². The van der Waals surface area contributed by atoms with Crippen LogP contribution in [-0.2, 0) is 4.74 Å². The number of hydrogen-bond donors (Lipinski definition) is 3. The molecule has 0 amide bonds. The summed E-state index contributed by atoms with van der Waals surface area (Å²) in [7, 11) is 0. The molecule has 1 unspecified atom stereocenters. The van der Waals surface area contributed by atoms with E-state index in [9.17, 15) is 19.8 Å². The first-order chi connectivity index (χ1) is 10.5. The number of aliphatic hydroxyl groups excluding tert-OH is 2. The molecule has 10 heteroatoms. The zero-order valence-electron chi connectivity index (χ0n) is 11.7. The van der Waals surface area contributed by atoms with Crippen molar-refractivity contribution in [3.8, 4) is 0 Å². The van der Waals surface area contributed by atoms with Crippen LogP contribution in [-0.4, -0.2) is 53.3 Å². The van der Waals surface area contributed by atoms with Crippen molar-refractivity contribution in [2.24, 2.45) is 0 Å². The maximum Gasteiger partial charge on any atom is 0.330 e. The third kappa shape index (κ3) is 2.26. The molecular formula is C12H15N5O5. The van der Waals surface area contributed by atoms with Crippen molar-refractivity contribution in [2.45, 2.75) is 31.4 Å². The van der Waals surface area contributed by atoms with Crippen molar-refractivity contribution >= 4 is 0 Å². The largest absolute Gasteiger partial charge is 0.394 e. The SMILES string of the molecule is Cc1cn([C@@H]2O[C@H](CO)[C@H](n3cncn3)C2O)c(=O)[nH]c1=O. The highest BCUT2D eigenvalue weighted by Gasteiger charge is 2.46. The van der Waals surface area contributed by atoms with Gasteiger partial charge in [0, 0.05) is 11.8 Å². The van der Waals surface area contributed by atoms with E-state index in [2.05, 4.69) is 15.1 Å². The Kier molecular flexibility index (Phi) is 3.64. The van der Waals surface area contributed by atoms with Gasteiger partial charge < -0.3 is 14.9 Å². The van der Waals surface area contributed by atoms with Gasteiger partial charge in [-0.15, -0.1) is 0 Å². The first-order valence-corrected chi connectivity index (χ1v) is 6.63. The zero-order valence-corrected chi connectivity index (χ0v) is 11.7. The van der Waals surface area contributed by atoms with Crippen LogP contribution in [0, 0.1) is 6.92 Å². The van der Waals surface area contributed by atoms with Crippen molar-refractivity contribution in [3.63, 3.8) is 0 Å². The van der Waals surface area contributed by atoms with Gasteiger partial charge in [0.15, 0.2) is 6.23 Å². The van der Waals surface area contributed by atoms with Gasteiger partial charge in [0.25, 0.3) is 5.56 Å². The standard InChI is InChI=1S/C12H15N5O5/c1-6-2-16(12(21)15-10(6)20)11-9(19)8(7(3-18)22-11)17-5-13-4-14-17/h2,4-5,7-9,11,18-19H,3H2,1H3,(H,15,20,21)/t7-,8+,9?,11-/m1/s1. The first kappa shape index (κ1) is 14.6. The molecule has 1 saturated heterocycles. The molecule has 0 bridgehead atoms. The summed E-state index contributed by atoms with van der Waals surface area (Å²) in [6, 6.07) is -0.698. The summed E-state index contributed by atoms with van der Waals surface area (Å²) in [5, 5.41) is 23.9. The predicted octanol–water partition coefficient (Wildman–Crippen LogP) is -2.07. The molecule has 2 aromatic heterocycles. The lowest BCUT2D eigenvalue weighted by Gasteiger charge is -2.19. The summed E-state index contributed by atoms with van der Waals surface area (Å²) >= 11 is 0. The highest BCUT2D eigenvalue weighted by atomic mass is 16.5. The van der Waals surface area contributed by atoms with E-state index < -0.39 is 35.7 Å². The van der Waals surface area contributed by atoms with Crippen LogP contribution in [0.15, 0.2) is 28.4 Å². The molecule has 3 rings (SSSR count). The smallest absolute Gasteiger partial charge is 0.330 e. The number of nitrogens with zero attached hydrogens (tertiary/aromatic N) is 4. The van der Waals surface area contributed by atoms with Crippen LogP contribution in [0.1, 0.15) is 17.8 Å². The summed E-state index contributed by atoms with van der Waals surface area (Å²) in [5.74, 6) is 0. The monoisotopic (exact) mass is 309 g/mol. The Labute approximate surface area is 123 Å². The fourth-order valence-corrected chi connectivity index (χ4v) is 2.58. The van der Waals surface area contributed by atoms with E-state index in [1.807, 2.05) is 0 Å². The minimum atomic E-state index is -1.15. The van der Waals surface area contributed by atoms with E-state index in [0.29, 0.717) is 5.56 Å². The molecule has 0 saturated carbocycles. The number of nitrogens with one attached hydrogen (secondary N) is 1. The minimum Gasteiger partial charge on any atom is -0.394 e. The van der Waals surface area contributed by atoms with Gasteiger partial charge in [0.1, 0.15) is 30.9 Å². The van der Waals surface area contributed by atoms with Gasteiger partial charge in [-0.1, -0.05) is 0 Å². The second kappa shape index (κ2) is 5.48. The summed E-state index contributed by atoms with van der Waals surface area (Å²) in [6.07, 6.45) is 1.04. The molecule has 10 nitrogen and oxygen atoms in total. The number of aromatic nitrogens is 5. The van der Waals surface area contributed by atoms with Crippen LogP contribution in [0.3, 0.4) is 0 Å². The first-order valence-electron chi connectivity index (χ1n) is 6.63. The third-order valence-corrected chi connectivity index (χ3v) is 3.68. The molecule has 2 aromatic rings. The lowest BCUT2D eigenvalue weighted by molar-refractivity contribution is -0.0536. The number of aromatic amines is 1. The summed E-state index contributed by atoms with van der Waals surface area (Å²) < 4.78 is 8.04. The lowest BCUT2D eigenvalue weighted by Crippen LogP contribution is -2.37. The van der Waals surface area contributed by atoms with E-state index in [4.69, 9.17) is 4.74 Å². The molecule has 4 atom stereocenters. The second-order valence-electron chi connectivity index (χ2n) is 5.08. The zero-order chi connectivity index (χ0) is 15.9. The highest BCUT2D eigenvalue weighted by Crippen LogP contribution is 2.35. The summed E-state index contributed by atoms with van der Waals surface area (Å²) in [5.41, 5.74) is -0.893. The van der Waals surface area contributed by atoms with E-state index in [-0.39, 0.29) is 6.61 Å². The van der Waals surface area contributed by atoms with Crippen LogP contribution in [0.25, 0.3) is 0 Å². The van der Waals surface area contributed by atoms with Gasteiger partial charge in [-0.2, -0.15) is 5.10 Å². The van der Waals surface area contributed by atoms with Crippen LogP contribution < -0.4 is 11.2 Å². The van der Waals surface area contributed by atoms with Crippen molar-refractivity contribution in [1.29, 1.82) is 0 Å². The normalized spacial score (nSPS) is 28.1. The van der Waals surface area contributed by atoms with Crippen LogP contribution in [0.5, 0.6) is 0 Å². The topological polar surface area (TPSA) is 135 Å². The number of aryl methyl sites for hydroxylation is 1. The second-order valence-corrected chi connectivity index (χ2v) is 5.08. The Morgan fingerprint density at radius 1 is 1.45 bits per heavy atom. The minimum absolute atomic E-state index is 0.306.